The minimum absolute atomic E-state index is 0.0306. The summed E-state index contributed by atoms with van der Waals surface area (Å²) in [6.45, 7) is 6.97. The molecule has 0 bridgehead atoms. The van der Waals surface area contributed by atoms with Crippen molar-refractivity contribution in [3.8, 4) is 11.3 Å². The van der Waals surface area contributed by atoms with Gasteiger partial charge in [0.15, 0.2) is 0 Å². The number of amides is 1. The maximum atomic E-state index is 13.6. The number of anilines is 1. The quantitative estimate of drug-likeness (QED) is 0.394. The number of nitrogens with one attached hydrogen (secondary N) is 1. The molecule has 46 heavy (non-hydrogen) atoms. The van der Waals surface area contributed by atoms with E-state index in [0.717, 1.165) is 31.1 Å². The highest BCUT2D eigenvalue weighted by atomic mass is 19.4. The predicted molar refractivity (Wildman–Crippen MR) is 160 cm³/mol. The summed E-state index contributed by atoms with van der Waals surface area (Å²) in [6, 6.07) is 6.40. The molecule has 3 aromatic rings. The number of hydrogen-bond acceptors (Lipinski definition) is 7. The molecule has 1 amide bonds. The van der Waals surface area contributed by atoms with Crippen LogP contribution in [-0.4, -0.2) is 104 Å². The van der Waals surface area contributed by atoms with Gasteiger partial charge in [-0.05, 0) is 62.1 Å². The molecule has 0 spiro atoms. The molecule has 2 aliphatic rings. The number of aromatic nitrogens is 2. The van der Waals surface area contributed by atoms with Gasteiger partial charge in [0.2, 0.25) is 5.95 Å². The molecule has 2 aliphatic heterocycles. The molecule has 1 N–H and O–H groups in total. The van der Waals surface area contributed by atoms with Crippen LogP contribution in [0.25, 0.3) is 11.3 Å². The first-order valence-corrected chi connectivity index (χ1v) is 14.6. The van der Waals surface area contributed by atoms with Gasteiger partial charge in [-0.15, -0.1) is 0 Å². The van der Waals surface area contributed by atoms with Crippen LogP contribution in [0.4, 0.5) is 36.7 Å². The Hall–Kier alpha value is -3.82. The molecule has 0 atom stereocenters. The van der Waals surface area contributed by atoms with Crippen molar-refractivity contribution in [1.29, 1.82) is 0 Å². The van der Waals surface area contributed by atoms with E-state index in [1.165, 1.54) is 50.6 Å². The zero-order chi connectivity index (χ0) is 33.6. The van der Waals surface area contributed by atoms with Gasteiger partial charge in [0, 0.05) is 77.7 Å². The number of benzene rings is 2. The lowest BCUT2D eigenvalue weighted by Gasteiger charge is -2.32. The van der Waals surface area contributed by atoms with Crippen LogP contribution in [-0.2, 0) is 18.9 Å². The van der Waals surface area contributed by atoms with Gasteiger partial charge in [-0.2, -0.15) is 26.3 Å². The van der Waals surface area contributed by atoms with Crippen LogP contribution in [0, 0.1) is 5.82 Å². The Morgan fingerprint density at radius 2 is 1.39 bits per heavy atom. The second-order valence-corrected chi connectivity index (χ2v) is 11.4. The Labute approximate surface area is 262 Å². The number of alkyl halides is 6. The summed E-state index contributed by atoms with van der Waals surface area (Å²) in [7, 11) is 5.38. The van der Waals surface area contributed by atoms with Gasteiger partial charge >= 0.3 is 12.4 Å². The number of rotatable bonds is 5. The van der Waals surface area contributed by atoms with Crippen molar-refractivity contribution in [2.75, 3.05) is 78.4 Å². The molecule has 0 unspecified atom stereocenters. The van der Waals surface area contributed by atoms with Gasteiger partial charge in [-0.1, -0.05) is 0 Å². The number of carbonyl (C=O) groups excluding carboxylic acids is 1. The van der Waals surface area contributed by atoms with Crippen LogP contribution in [0.3, 0.4) is 0 Å². The Bertz CT molecular complexity index is 1440. The minimum Gasteiger partial charge on any atom is -0.338 e. The molecular formula is C31H36F7N7O. The molecule has 2 saturated heterocycles. The lowest BCUT2D eigenvalue weighted by molar-refractivity contribution is -0.143. The van der Waals surface area contributed by atoms with Gasteiger partial charge in [-0.25, -0.2) is 14.4 Å². The van der Waals surface area contributed by atoms with Crippen LogP contribution >= 0.6 is 0 Å². The number of carbonyl (C=O) groups is 1. The Balaban J connectivity index is 0.000000606. The molecule has 2 fully saturated rings. The Kier molecular flexibility index (Phi) is 11.2. The minimum atomic E-state index is -5.01. The van der Waals surface area contributed by atoms with Crippen molar-refractivity contribution in [3.05, 3.63) is 76.7 Å². The van der Waals surface area contributed by atoms with Crippen LogP contribution in [0.2, 0.25) is 0 Å². The second kappa shape index (κ2) is 14.7. The Morgan fingerprint density at radius 3 is 1.89 bits per heavy atom. The van der Waals surface area contributed by atoms with Crippen molar-refractivity contribution in [3.63, 3.8) is 0 Å². The van der Waals surface area contributed by atoms with Crippen molar-refractivity contribution < 1.29 is 35.5 Å². The van der Waals surface area contributed by atoms with Gasteiger partial charge in [0.1, 0.15) is 5.82 Å². The normalized spacial score (nSPS) is 16.5. The van der Waals surface area contributed by atoms with E-state index in [9.17, 15) is 35.5 Å². The van der Waals surface area contributed by atoms with Crippen molar-refractivity contribution >= 4 is 11.9 Å². The second-order valence-electron chi connectivity index (χ2n) is 11.4. The third kappa shape index (κ3) is 9.36. The average molecular weight is 656 g/mol. The Morgan fingerprint density at radius 1 is 0.848 bits per heavy atom. The van der Waals surface area contributed by atoms with Crippen LogP contribution in [0.5, 0.6) is 0 Å². The zero-order valence-electron chi connectivity index (χ0n) is 25.7. The fourth-order valence-electron chi connectivity index (χ4n) is 4.95. The number of hydrogen-bond donors (Lipinski definition) is 1. The molecule has 250 valence electrons. The van der Waals surface area contributed by atoms with Crippen LogP contribution in [0.1, 0.15) is 27.0 Å². The summed E-state index contributed by atoms with van der Waals surface area (Å²) in [5, 5.41) is 3.27. The first-order valence-electron chi connectivity index (χ1n) is 14.6. The highest BCUT2D eigenvalue weighted by molar-refractivity contribution is 5.99. The van der Waals surface area contributed by atoms with Crippen LogP contribution < -0.4 is 10.2 Å². The SMILES string of the molecule is CN1CCN(c2ncc(C(=O)N(C)Cc3cc(C(F)(F)F)cc(C(F)(F)F)c3)c(-c3ccc(F)cc3)n2)CC1.CN1CCNCC1. The summed E-state index contributed by atoms with van der Waals surface area (Å²) >= 11 is 0. The van der Waals surface area contributed by atoms with Crippen molar-refractivity contribution in [1.82, 2.24) is 30.0 Å². The number of piperazine rings is 2. The smallest absolute Gasteiger partial charge is 0.338 e. The topological polar surface area (TPSA) is 67.8 Å². The van der Waals surface area contributed by atoms with E-state index in [1.54, 1.807) is 0 Å². The summed E-state index contributed by atoms with van der Waals surface area (Å²) in [6.07, 6.45) is -8.76. The largest absolute Gasteiger partial charge is 0.416 e. The molecule has 0 saturated carbocycles. The zero-order valence-corrected chi connectivity index (χ0v) is 25.7. The first kappa shape index (κ1) is 35.0. The van der Waals surface area contributed by atoms with E-state index in [-0.39, 0.29) is 22.9 Å². The van der Waals surface area contributed by atoms with E-state index < -0.39 is 41.7 Å². The lowest BCUT2D eigenvalue weighted by Crippen LogP contribution is -2.45. The molecular weight excluding hydrogens is 619 g/mol. The third-order valence-electron chi connectivity index (χ3n) is 7.66. The standard InChI is InChI=1S/C26H24F7N5O.C5H12N2/c1-36-7-9-38(10-8-36)24-34-14-21(22(35-24)17-3-5-20(27)6-4-17)23(39)37(2)15-16-11-18(25(28,29)30)13-19(12-16)26(31,32)33;1-7-4-2-6-3-5-7/h3-6,11-14H,7-10,15H2,1-2H3;6H,2-5H2,1H3. The molecule has 8 nitrogen and oxygen atoms in total. The molecule has 2 aromatic carbocycles. The van der Waals surface area contributed by atoms with Gasteiger partial charge < -0.3 is 24.9 Å². The molecule has 1 aromatic heterocycles. The van der Waals surface area contributed by atoms with Crippen molar-refractivity contribution in [2.24, 2.45) is 0 Å². The predicted octanol–water partition coefficient (Wildman–Crippen LogP) is 4.87. The van der Waals surface area contributed by atoms with Gasteiger partial charge in [-0.3, -0.25) is 4.79 Å². The lowest BCUT2D eigenvalue weighted by atomic mass is 10.0. The van der Waals surface area contributed by atoms with Gasteiger partial charge in [0.05, 0.1) is 22.4 Å². The van der Waals surface area contributed by atoms with E-state index in [4.69, 9.17) is 0 Å². The molecule has 15 heteroatoms. The fraction of sp³-hybridized carbons (Fsp3) is 0.452. The van der Waals surface area contributed by atoms with E-state index in [0.29, 0.717) is 36.7 Å². The third-order valence-corrected chi connectivity index (χ3v) is 7.66. The van der Waals surface area contributed by atoms with E-state index in [2.05, 4.69) is 32.1 Å². The molecule has 3 heterocycles. The summed E-state index contributed by atoms with van der Waals surface area (Å²) in [5.41, 5.74) is -2.78. The number of nitrogens with zero attached hydrogens (tertiary/aromatic N) is 6. The number of likely N-dealkylation sites (N-methyl/N-ethyl adjacent to an activating group) is 2. The molecule has 0 aliphatic carbocycles. The number of halogens is 7. The van der Waals surface area contributed by atoms with E-state index >= 15 is 0 Å². The highest BCUT2D eigenvalue weighted by Crippen LogP contribution is 2.36. The fourth-order valence-corrected chi connectivity index (χ4v) is 4.95. The monoisotopic (exact) mass is 655 g/mol. The van der Waals surface area contributed by atoms with Gasteiger partial charge in [0.25, 0.3) is 5.91 Å². The average Bonchev–Trinajstić information content (AvgIpc) is 3.01. The summed E-state index contributed by atoms with van der Waals surface area (Å²) in [5.74, 6) is -0.901. The maximum Gasteiger partial charge on any atom is 0.416 e. The summed E-state index contributed by atoms with van der Waals surface area (Å²) < 4.78 is 93.3. The van der Waals surface area contributed by atoms with Crippen LogP contribution in [0.15, 0.2) is 48.7 Å². The van der Waals surface area contributed by atoms with Crippen molar-refractivity contribution in [2.45, 2.75) is 18.9 Å². The molecule has 5 rings (SSSR count). The molecule has 0 radical (unpaired) electrons. The maximum absolute atomic E-state index is 13.6. The summed E-state index contributed by atoms with van der Waals surface area (Å²) in [4.78, 5) is 29.6. The van der Waals surface area contributed by atoms with E-state index in [1.807, 2.05) is 11.9 Å². The highest BCUT2D eigenvalue weighted by Gasteiger charge is 2.37. The first-order chi connectivity index (χ1) is 21.6.